The van der Waals surface area contributed by atoms with E-state index in [1.54, 1.807) is 32.0 Å². The van der Waals surface area contributed by atoms with E-state index in [0.29, 0.717) is 5.75 Å². The van der Waals surface area contributed by atoms with Crippen LogP contribution in [0.1, 0.15) is 25.0 Å². The Balaban J connectivity index is 1.81. The van der Waals surface area contributed by atoms with Crippen molar-refractivity contribution in [3.05, 3.63) is 125 Å². The van der Waals surface area contributed by atoms with E-state index in [4.69, 9.17) is 16.3 Å². The summed E-state index contributed by atoms with van der Waals surface area (Å²) in [7, 11) is -2.87. The number of nitrogens with one attached hydrogen (secondary N) is 1. The summed E-state index contributed by atoms with van der Waals surface area (Å²) in [5.41, 5.74) is 1.09. The Kier molecular flexibility index (Phi) is 11.2. The molecule has 4 aromatic rings. The molecule has 1 atom stereocenters. The Morgan fingerprint density at radius 3 is 2.20 bits per heavy atom. The predicted molar refractivity (Wildman–Crippen MR) is 173 cm³/mol. The number of sulfonamides is 1. The smallest absolute Gasteiger partial charge is 0.264 e. The maximum Gasteiger partial charge on any atom is 0.264 e. The summed E-state index contributed by atoms with van der Waals surface area (Å²) < 4.78 is 49.3. The second kappa shape index (κ2) is 15.0. The van der Waals surface area contributed by atoms with Crippen LogP contribution in [0, 0.1) is 5.82 Å². The number of carbonyl (C=O) groups excluding carboxylic acids is 2. The molecule has 0 aliphatic rings. The molecule has 1 N–H and O–H groups in total. The first-order valence-electron chi connectivity index (χ1n) is 14.3. The highest BCUT2D eigenvalue weighted by Gasteiger charge is 2.35. The van der Waals surface area contributed by atoms with Crippen LogP contribution in [0.3, 0.4) is 0 Å². The van der Waals surface area contributed by atoms with Crippen LogP contribution in [-0.2, 0) is 32.6 Å². The highest BCUT2D eigenvalue weighted by Crippen LogP contribution is 2.28. The third-order valence-electron chi connectivity index (χ3n) is 7.02. The van der Waals surface area contributed by atoms with Gasteiger partial charge in [0.05, 0.1) is 17.7 Å². The average Bonchev–Trinajstić information content (AvgIpc) is 3.02. The first-order valence-corrected chi connectivity index (χ1v) is 16.1. The standard InChI is InChI=1S/C34H35ClFN3O5S/c1-24(2)37-34(41)32(20-25-10-5-4-6-11-25)38(22-26-12-7-8-15-31(26)36)33(40)23-39(28-14-9-13-27(35)21-28)45(42,43)30-18-16-29(44-3)17-19-30/h4-19,21,24,32H,20,22-23H2,1-3H3,(H,37,41). The van der Waals surface area contributed by atoms with Crippen molar-refractivity contribution in [2.45, 2.75) is 43.8 Å². The molecule has 11 heteroatoms. The van der Waals surface area contributed by atoms with Gasteiger partial charge < -0.3 is 15.0 Å². The van der Waals surface area contributed by atoms with Gasteiger partial charge in [-0.1, -0.05) is 66.2 Å². The molecule has 0 aliphatic heterocycles. The molecule has 8 nitrogen and oxygen atoms in total. The molecule has 0 bridgehead atoms. The van der Waals surface area contributed by atoms with E-state index >= 15 is 0 Å². The minimum absolute atomic E-state index is 0.0879. The minimum atomic E-state index is -4.33. The van der Waals surface area contributed by atoms with E-state index in [0.717, 1.165) is 9.87 Å². The quantitative estimate of drug-likeness (QED) is 0.196. The molecule has 0 spiro atoms. The van der Waals surface area contributed by atoms with Crippen LogP contribution in [-0.4, -0.2) is 50.9 Å². The van der Waals surface area contributed by atoms with Gasteiger partial charge in [-0.15, -0.1) is 0 Å². The fourth-order valence-corrected chi connectivity index (χ4v) is 6.37. The van der Waals surface area contributed by atoms with E-state index in [-0.39, 0.29) is 40.2 Å². The number of ether oxygens (including phenoxy) is 1. The van der Waals surface area contributed by atoms with Crippen molar-refractivity contribution in [1.82, 2.24) is 10.2 Å². The molecular weight excluding hydrogens is 617 g/mol. The summed E-state index contributed by atoms with van der Waals surface area (Å²) in [6.45, 7) is 2.62. The van der Waals surface area contributed by atoms with Crippen molar-refractivity contribution in [1.29, 1.82) is 0 Å². The molecule has 0 aliphatic carbocycles. The van der Waals surface area contributed by atoms with Gasteiger partial charge in [-0.2, -0.15) is 0 Å². The fourth-order valence-electron chi connectivity index (χ4n) is 4.78. The van der Waals surface area contributed by atoms with Gasteiger partial charge in [0.1, 0.15) is 24.2 Å². The third-order valence-corrected chi connectivity index (χ3v) is 9.05. The number of hydrogen-bond donors (Lipinski definition) is 1. The second-order valence-electron chi connectivity index (χ2n) is 10.6. The molecule has 1 unspecified atom stereocenters. The van der Waals surface area contributed by atoms with Gasteiger partial charge in [-0.3, -0.25) is 13.9 Å². The zero-order chi connectivity index (χ0) is 32.6. The monoisotopic (exact) mass is 651 g/mol. The molecule has 236 valence electrons. The number of methoxy groups -OCH3 is 1. The van der Waals surface area contributed by atoms with E-state index in [1.165, 1.54) is 66.6 Å². The Labute approximate surface area is 268 Å². The molecule has 4 rings (SSSR count). The van der Waals surface area contributed by atoms with Crippen LogP contribution in [0.4, 0.5) is 10.1 Å². The Morgan fingerprint density at radius 1 is 0.911 bits per heavy atom. The Hall–Kier alpha value is -4.41. The van der Waals surface area contributed by atoms with Crippen LogP contribution >= 0.6 is 11.6 Å². The molecule has 0 radical (unpaired) electrons. The van der Waals surface area contributed by atoms with Crippen LogP contribution in [0.2, 0.25) is 5.02 Å². The third kappa shape index (κ3) is 8.61. The lowest BCUT2D eigenvalue weighted by molar-refractivity contribution is -0.140. The van der Waals surface area contributed by atoms with Crippen molar-refractivity contribution >= 4 is 39.1 Å². The number of benzene rings is 4. The van der Waals surface area contributed by atoms with Gasteiger partial charge in [0.15, 0.2) is 0 Å². The lowest BCUT2D eigenvalue weighted by Gasteiger charge is -2.34. The van der Waals surface area contributed by atoms with Crippen LogP contribution in [0.15, 0.2) is 108 Å². The summed E-state index contributed by atoms with van der Waals surface area (Å²) in [6, 6.07) is 25.6. The highest BCUT2D eigenvalue weighted by atomic mass is 35.5. The van der Waals surface area contributed by atoms with E-state index < -0.39 is 40.2 Å². The van der Waals surface area contributed by atoms with Gasteiger partial charge in [0, 0.05) is 29.6 Å². The van der Waals surface area contributed by atoms with Gasteiger partial charge in [0.25, 0.3) is 10.0 Å². The number of hydrogen-bond acceptors (Lipinski definition) is 5. The van der Waals surface area contributed by atoms with Gasteiger partial charge in [-0.05, 0) is 67.9 Å². The molecular formula is C34H35ClFN3O5S. The van der Waals surface area contributed by atoms with Gasteiger partial charge >= 0.3 is 0 Å². The van der Waals surface area contributed by atoms with Gasteiger partial charge in [0.2, 0.25) is 11.8 Å². The van der Waals surface area contributed by atoms with Crippen molar-refractivity contribution < 1.29 is 27.1 Å². The van der Waals surface area contributed by atoms with Crippen molar-refractivity contribution in [3.63, 3.8) is 0 Å². The number of rotatable bonds is 13. The van der Waals surface area contributed by atoms with Crippen LogP contribution in [0.5, 0.6) is 5.75 Å². The molecule has 2 amide bonds. The largest absolute Gasteiger partial charge is 0.497 e. The van der Waals surface area contributed by atoms with Crippen LogP contribution in [0.25, 0.3) is 0 Å². The second-order valence-corrected chi connectivity index (χ2v) is 12.9. The Bertz CT molecular complexity index is 1720. The SMILES string of the molecule is COc1ccc(S(=O)(=O)N(CC(=O)N(Cc2ccccc2F)C(Cc2ccccc2)C(=O)NC(C)C)c2cccc(Cl)c2)cc1. The average molecular weight is 652 g/mol. The summed E-state index contributed by atoms with van der Waals surface area (Å²) in [5, 5.41) is 3.13. The molecule has 0 heterocycles. The first-order chi connectivity index (χ1) is 21.5. The zero-order valence-corrected chi connectivity index (χ0v) is 26.8. The fraction of sp³-hybridized carbons (Fsp3) is 0.235. The zero-order valence-electron chi connectivity index (χ0n) is 25.2. The number of amides is 2. The van der Waals surface area contributed by atoms with E-state index in [2.05, 4.69) is 5.32 Å². The summed E-state index contributed by atoms with van der Waals surface area (Å²) >= 11 is 6.25. The summed E-state index contributed by atoms with van der Waals surface area (Å²) in [5.74, 6) is -1.27. The molecule has 0 fully saturated rings. The maximum absolute atomic E-state index is 15.0. The topological polar surface area (TPSA) is 96.0 Å². The molecule has 4 aromatic carbocycles. The van der Waals surface area contributed by atoms with Crippen LogP contribution < -0.4 is 14.4 Å². The molecule has 0 aromatic heterocycles. The van der Waals surface area contributed by atoms with Crippen molar-refractivity contribution in [2.75, 3.05) is 18.0 Å². The molecule has 0 saturated carbocycles. The number of halogens is 2. The summed E-state index contributed by atoms with van der Waals surface area (Å²) in [4.78, 5) is 29.2. The van der Waals surface area contributed by atoms with Crippen molar-refractivity contribution in [2.24, 2.45) is 0 Å². The number of nitrogens with zero attached hydrogens (tertiary/aromatic N) is 2. The maximum atomic E-state index is 15.0. The lowest BCUT2D eigenvalue weighted by atomic mass is 10.0. The normalized spacial score (nSPS) is 12.0. The Morgan fingerprint density at radius 2 is 1.58 bits per heavy atom. The molecule has 0 saturated heterocycles. The van der Waals surface area contributed by atoms with E-state index in [9.17, 15) is 22.4 Å². The molecule has 45 heavy (non-hydrogen) atoms. The highest BCUT2D eigenvalue weighted by molar-refractivity contribution is 7.92. The predicted octanol–water partition coefficient (Wildman–Crippen LogP) is 5.85. The number of carbonyl (C=O) groups is 2. The lowest BCUT2D eigenvalue weighted by Crippen LogP contribution is -2.54. The number of anilines is 1. The summed E-state index contributed by atoms with van der Waals surface area (Å²) in [6.07, 6.45) is 0.113. The van der Waals surface area contributed by atoms with Gasteiger partial charge in [-0.25, -0.2) is 12.8 Å². The van der Waals surface area contributed by atoms with Crippen molar-refractivity contribution in [3.8, 4) is 5.75 Å². The van der Waals surface area contributed by atoms with E-state index in [1.807, 2.05) is 30.3 Å². The first kappa shape index (κ1) is 33.5. The minimum Gasteiger partial charge on any atom is -0.497 e.